The van der Waals surface area contributed by atoms with Gasteiger partial charge in [0.25, 0.3) is 11.6 Å². The van der Waals surface area contributed by atoms with Gasteiger partial charge < -0.3 is 10.4 Å². The normalized spacial score (nSPS) is 11.9. The van der Waals surface area contributed by atoms with E-state index in [1.807, 2.05) is 24.3 Å². The average molecular weight is 407 g/mol. The van der Waals surface area contributed by atoms with Gasteiger partial charge in [-0.1, -0.05) is 15.9 Å². The highest BCUT2D eigenvalue weighted by Crippen LogP contribution is 2.21. The number of non-ortho nitro benzene ring substituents is 1. The number of hydrazone groups is 1. The van der Waals surface area contributed by atoms with Gasteiger partial charge >= 0.3 is 0 Å². The van der Waals surface area contributed by atoms with Gasteiger partial charge in [-0.25, -0.2) is 5.43 Å². The Balaban J connectivity index is 1.96. The minimum absolute atomic E-state index is 0.128. The van der Waals surface area contributed by atoms with Gasteiger partial charge in [0.1, 0.15) is 11.8 Å². The van der Waals surface area contributed by atoms with Gasteiger partial charge in [-0.05, 0) is 37.3 Å². The van der Waals surface area contributed by atoms with Crippen molar-refractivity contribution in [3.63, 3.8) is 0 Å². The number of nitrogens with one attached hydrogen (secondary N) is 2. The van der Waals surface area contributed by atoms with Crippen molar-refractivity contribution >= 4 is 39.4 Å². The van der Waals surface area contributed by atoms with Crippen LogP contribution in [0.25, 0.3) is 0 Å². The standard InChI is InChI=1S/C16H15BrN4O4/c1-10(19-13-4-2-12(17)3-5-13)16(23)20-18-9-11-8-14(21(24)25)6-7-15(11)22/h2-10,19,22H,1H3,(H,20,23)/b18-9-/t10-/m1/s1. The average Bonchev–Trinajstić information content (AvgIpc) is 2.58. The maximum atomic E-state index is 12.0. The molecule has 0 saturated carbocycles. The van der Waals surface area contributed by atoms with Crippen LogP contribution in [0.4, 0.5) is 11.4 Å². The molecule has 2 rings (SSSR count). The molecule has 0 aliphatic heterocycles. The molecule has 0 heterocycles. The molecule has 8 nitrogen and oxygen atoms in total. The Morgan fingerprint density at radius 1 is 1.32 bits per heavy atom. The van der Waals surface area contributed by atoms with E-state index in [4.69, 9.17) is 0 Å². The van der Waals surface area contributed by atoms with Crippen LogP contribution in [0, 0.1) is 10.1 Å². The number of benzene rings is 2. The van der Waals surface area contributed by atoms with Gasteiger partial charge in [0.15, 0.2) is 0 Å². The second-order valence-corrected chi connectivity index (χ2v) is 6.02. The van der Waals surface area contributed by atoms with Crippen LogP contribution >= 0.6 is 15.9 Å². The summed E-state index contributed by atoms with van der Waals surface area (Å²) >= 11 is 3.33. The molecule has 2 aromatic rings. The Kier molecular flexibility index (Phi) is 6.07. The topological polar surface area (TPSA) is 117 Å². The number of halogens is 1. The molecule has 3 N–H and O–H groups in total. The summed E-state index contributed by atoms with van der Waals surface area (Å²) in [6.45, 7) is 1.66. The second kappa shape index (κ2) is 8.25. The quantitative estimate of drug-likeness (QED) is 0.387. The molecule has 1 atom stereocenters. The molecule has 0 aliphatic rings. The van der Waals surface area contributed by atoms with Crippen LogP contribution < -0.4 is 10.7 Å². The third-order valence-corrected chi connectivity index (χ3v) is 3.75. The number of hydrogen-bond acceptors (Lipinski definition) is 6. The molecule has 1 amide bonds. The molecule has 0 aliphatic carbocycles. The number of rotatable bonds is 6. The molecule has 25 heavy (non-hydrogen) atoms. The smallest absolute Gasteiger partial charge is 0.270 e. The van der Waals surface area contributed by atoms with Crippen LogP contribution in [0.5, 0.6) is 5.75 Å². The Hall–Kier alpha value is -2.94. The summed E-state index contributed by atoms with van der Waals surface area (Å²) in [6, 6.07) is 10.3. The maximum absolute atomic E-state index is 12.0. The molecule has 0 fully saturated rings. The largest absolute Gasteiger partial charge is 0.507 e. The number of carbonyl (C=O) groups excluding carboxylic acids is 1. The summed E-state index contributed by atoms with van der Waals surface area (Å²) in [5.74, 6) is -0.575. The van der Waals surface area contributed by atoms with Gasteiger partial charge in [-0.15, -0.1) is 0 Å². The summed E-state index contributed by atoms with van der Waals surface area (Å²) in [5, 5.41) is 27.1. The Bertz CT molecular complexity index is 808. The SMILES string of the molecule is C[C@@H](Nc1ccc(Br)cc1)C(=O)N/N=C\c1cc([N+](=O)[O-])ccc1O. The van der Waals surface area contributed by atoms with Crippen LogP contribution in [0.2, 0.25) is 0 Å². The summed E-state index contributed by atoms with van der Waals surface area (Å²) in [5.41, 5.74) is 3.03. The van der Waals surface area contributed by atoms with Crippen LogP contribution in [0.15, 0.2) is 52.0 Å². The summed E-state index contributed by atoms with van der Waals surface area (Å²) in [6.07, 6.45) is 1.15. The van der Waals surface area contributed by atoms with Crippen molar-refractivity contribution in [2.45, 2.75) is 13.0 Å². The monoisotopic (exact) mass is 406 g/mol. The van der Waals surface area contributed by atoms with E-state index >= 15 is 0 Å². The van der Waals surface area contributed by atoms with E-state index in [1.165, 1.54) is 12.1 Å². The van der Waals surface area contributed by atoms with Gasteiger partial charge in [0.2, 0.25) is 0 Å². The van der Waals surface area contributed by atoms with E-state index in [1.54, 1.807) is 6.92 Å². The van der Waals surface area contributed by atoms with Crippen LogP contribution in [0.1, 0.15) is 12.5 Å². The van der Waals surface area contributed by atoms with E-state index in [-0.39, 0.29) is 17.0 Å². The first-order valence-electron chi connectivity index (χ1n) is 7.19. The van der Waals surface area contributed by atoms with Crippen LogP contribution in [-0.2, 0) is 4.79 Å². The molecular weight excluding hydrogens is 392 g/mol. The lowest BCUT2D eigenvalue weighted by molar-refractivity contribution is -0.384. The zero-order valence-electron chi connectivity index (χ0n) is 13.1. The molecule has 0 bridgehead atoms. The fourth-order valence-electron chi connectivity index (χ4n) is 1.88. The highest BCUT2D eigenvalue weighted by atomic mass is 79.9. The Labute approximate surface area is 151 Å². The number of aromatic hydroxyl groups is 1. The predicted octanol–water partition coefficient (Wildman–Crippen LogP) is 3.01. The van der Waals surface area contributed by atoms with Gasteiger partial charge in [0, 0.05) is 27.9 Å². The minimum Gasteiger partial charge on any atom is -0.507 e. The molecule has 9 heteroatoms. The van der Waals surface area contributed by atoms with Gasteiger partial charge in [-0.2, -0.15) is 5.10 Å². The highest BCUT2D eigenvalue weighted by Gasteiger charge is 2.12. The molecule has 0 radical (unpaired) electrons. The Morgan fingerprint density at radius 2 is 2.00 bits per heavy atom. The van der Waals surface area contributed by atoms with E-state index in [9.17, 15) is 20.0 Å². The molecular formula is C16H15BrN4O4. The minimum atomic E-state index is -0.584. The van der Waals surface area contributed by atoms with E-state index in [2.05, 4.69) is 31.8 Å². The first-order chi connectivity index (χ1) is 11.9. The molecule has 0 spiro atoms. The van der Waals surface area contributed by atoms with E-state index < -0.39 is 16.9 Å². The van der Waals surface area contributed by atoms with Crippen molar-refractivity contribution in [2.24, 2.45) is 5.10 Å². The first-order valence-corrected chi connectivity index (χ1v) is 7.98. The number of amides is 1. The molecule has 130 valence electrons. The summed E-state index contributed by atoms with van der Waals surface area (Å²) < 4.78 is 0.927. The third-order valence-electron chi connectivity index (χ3n) is 3.22. The van der Waals surface area contributed by atoms with Gasteiger partial charge in [-0.3, -0.25) is 14.9 Å². The number of hydrogen-bond donors (Lipinski definition) is 3. The fourth-order valence-corrected chi connectivity index (χ4v) is 2.15. The van der Waals surface area contributed by atoms with Crippen molar-refractivity contribution in [2.75, 3.05) is 5.32 Å². The zero-order valence-corrected chi connectivity index (χ0v) is 14.7. The molecule has 0 saturated heterocycles. The number of anilines is 1. The lowest BCUT2D eigenvalue weighted by Gasteiger charge is -2.13. The lowest BCUT2D eigenvalue weighted by Crippen LogP contribution is -2.34. The summed E-state index contributed by atoms with van der Waals surface area (Å²) in [4.78, 5) is 22.1. The predicted molar refractivity (Wildman–Crippen MR) is 97.7 cm³/mol. The van der Waals surface area contributed by atoms with Crippen LogP contribution in [0.3, 0.4) is 0 Å². The molecule has 2 aromatic carbocycles. The van der Waals surface area contributed by atoms with Crippen LogP contribution in [-0.4, -0.2) is 28.2 Å². The number of nitrogens with zero attached hydrogens (tertiary/aromatic N) is 2. The molecule has 0 aromatic heterocycles. The maximum Gasteiger partial charge on any atom is 0.270 e. The van der Waals surface area contributed by atoms with E-state index in [0.717, 1.165) is 22.4 Å². The van der Waals surface area contributed by atoms with E-state index in [0.29, 0.717) is 0 Å². The number of phenolic OH excluding ortho intramolecular Hbond substituents is 1. The van der Waals surface area contributed by atoms with Crippen molar-refractivity contribution in [1.29, 1.82) is 0 Å². The zero-order chi connectivity index (χ0) is 18.4. The third kappa shape index (κ3) is 5.28. The fraction of sp³-hybridized carbons (Fsp3) is 0.125. The Morgan fingerprint density at radius 3 is 2.64 bits per heavy atom. The van der Waals surface area contributed by atoms with Gasteiger partial charge in [0.05, 0.1) is 11.1 Å². The number of carbonyl (C=O) groups is 1. The van der Waals surface area contributed by atoms with Crippen molar-refractivity contribution in [3.8, 4) is 5.75 Å². The molecule has 0 unspecified atom stereocenters. The number of phenols is 1. The van der Waals surface area contributed by atoms with Crippen molar-refractivity contribution in [3.05, 3.63) is 62.6 Å². The highest BCUT2D eigenvalue weighted by molar-refractivity contribution is 9.10. The van der Waals surface area contributed by atoms with Crippen molar-refractivity contribution in [1.82, 2.24) is 5.43 Å². The summed E-state index contributed by atoms with van der Waals surface area (Å²) in [7, 11) is 0. The van der Waals surface area contributed by atoms with Crippen molar-refractivity contribution < 1.29 is 14.8 Å². The first kappa shape index (κ1) is 18.4. The number of nitro groups is 1. The lowest BCUT2D eigenvalue weighted by atomic mass is 10.2. The second-order valence-electron chi connectivity index (χ2n) is 5.11. The number of nitro benzene ring substituents is 1.